The van der Waals surface area contributed by atoms with Crippen LogP contribution in [-0.4, -0.2) is 18.3 Å². The van der Waals surface area contributed by atoms with Crippen LogP contribution in [0.15, 0.2) is 140 Å². The lowest BCUT2D eigenvalue weighted by Gasteiger charge is -2.16. The van der Waals surface area contributed by atoms with E-state index >= 15 is 0 Å². The molecule has 0 spiro atoms. The summed E-state index contributed by atoms with van der Waals surface area (Å²) in [6.45, 7) is 2.07. The minimum atomic E-state index is -0.659. The quantitative estimate of drug-likeness (QED) is 0.110. The molecule has 0 amide bonds. The number of rotatable bonds is 14. The lowest BCUT2D eigenvalue weighted by molar-refractivity contribution is 0.0889. The van der Waals surface area contributed by atoms with Crippen LogP contribution in [0.25, 0.3) is 11.6 Å². The van der Waals surface area contributed by atoms with Crippen LogP contribution in [0.4, 0.5) is 0 Å². The second kappa shape index (κ2) is 15.4. The number of aliphatic hydroxyl groups is 1. The van der Waals surface area contributed by atoms with Crippen LogP contribution in [0, 0.1) is 0 Å². The number of ether oxygens (including phenoxy) is 3. The second-order valence-corrected chi connectivity index (χ2v) is 10.1. The van der Waals surface area contributed by atoms with Gasteiger partial charge in [0.05, 0.1) is 19.3 Å². The Kier molecular flexibility index (Phi) is 10.6. The third kappa shape index (κ3) is 8.93. The van der Waals surface area contributed by atoms with Crippen molar-refractivity contribution < 1.29 is 19.3 Å². The van der Waals surface area contributed by atoms with Crippen molar-refractivity contribution in [2.45, 2.75) is 25.7 Å². The molecule has 0 aliphatic heterocycles. The van der Waals surface area contributed by atoms with E-state index in [4.69, 9.17) is 14.2 Å². The van der Waals surface area contributed by atoms with Crippen LogP contribution in [0.1, 0.15) is 40.3 Å². The van der Waals surface area contributed by atoms with Crippen molar-refractivity contribution in [2.75, 3.05) is 13.2 Å². The normalized spacial score (nSPS) is 12.1. The molecular formula is C38H36O4. The molecule has 212 valence electrons. The molecule has 0 heterocycles. The lowest BCUT2D eigenvalue weighted by atomic mass is 9.94. The van der Waals surface area contributed by atoms with Crippen LogP contribution in [-0.2, 0) is 18.0 Å². The average molecular weight is 557 g/mol. The first kappa shape index (κ1) is 28.9. The van der Waals surface area contributed by atoms with Gasteiger partial charge in [-0.2, -0.15) is 0 Å². The Hall–Kier alpha value is -4.64. The molecule has 4 heteroatoms. The number of benzene rings is 5. The average Bonchev–Trinajstić information content (AvgIpc) is 3.05. The summed E-state index contributed by atoms with van der Waals surface area (Å²) in [5, 5.41) is 11.2. The van der Waals surface area contributed by atoms with Crippen LogP contribution in [0.5, 0.6) is 11.5 Å². The van der Waals surface area contributed by atoms with Gasteiger partial charge in [-0.1, -0.05) is 121 Å². The van der Waals surface area contributed by atoms with Gasteiger partial charge in [-0.25, -0.2) is 0 Å². The van der Waals surface area contributed by atoms with Gasteiger partial charge in [-0.3, -0.25) is 0 Å². The zero-order valence-corrected chi connectivity index (χ0v) is 23.6. The summed E-state index contributed by atoms with van der Waals surface area (Å²) >= 11 is 0. The van der Waals surface area contributed by atoms with Crippen molar-refractivity contribution in [3.63, 3.8) is 0 Å². The van der Waals surface area contributed by atoms with Crippen LogP contribution in [0.2, 0.25) is 0 Å². The molecule has 0 bridgehead atoms. The molecule has 0 radical (unpaired) electrons. The first-order chi connectivity index (χ1) is 20.7. The van der Waals surface area contributed by atoms with Gasteiger partial charge in [0.15, 0.2) is 0 Å². The number of hydrogen-bond acceptors (Lipinski definition) is 4. The van der Waals surface area contributed by atoms with E-state index < -0.39 is 6.10 Å². The number of hydrogen-bond donors (Lipinski definition) is 1. The van der Waals surface area contributed by atoms with E-state index in [0.717, 1.165) is 44.9 Å². The highest BCUT2D eigenvalue weighted by Gasteiger charge is 2.13. The highest BCUT2D eigenvalue weighted by molar-refractivity contribution is 5.81. The molecule has 4 nitrogen and oxygen atoms in total. The smallest absolute Gasteiger partial charge is 0.119 e. The molecule has 5 rings (SSSR count). The van der Waals surface area contributed by atoms with Crippen molar-refractivity contribution >= 4 is 11.6 Å². The Balaban J connectivity index is 1.17. The fourth-order valence-corrected chi connectivity index (χ4v) is 4.61. The standard InChI is InChI=1S/C38H36O4/c39-38(34-18-22-36(23-19-34)41-25-24-40-28-31-10-4-1-5-11-31)27-35(33-14-8-3-9-15-33)26-30-16-20-37(21-17-30)42-29-32-12-6-2-7-13-32/h1-23,26,38-39H,24-25,27-29H2. The summed E-state index contributed by atoms with van der Waals surface area (Å²) in [6.07, 6.45) is 1.95. The highest BCUT2D eigenvalue weighted by atomic mass is 16.5. The van der Waals surface area contributed by atoms with E-state index in [1.165, 1.54) is 0 Å². The van der Waals surface area contributed by atoms with Gasteiger partial charge >= 0.3 is 0 Å². The molecule has 0 aliphatic carbocycles. The zero-order chi connectivity index (χ0) is 28.8. The maximum atomic E-state index is 11.2. The largest absolute Gasteiger partial charge is 0.491 e. The second-order valence-electron chi connectivity index (χ2n) is 10.1. The fraction of sp³-hybridized carbons (Fsp3) is 0.158. The van der Waals surface area contributed by atoms with Crippen LogP contribution >= 0.6 is 0 Å². The minimum Gasteiger partial charge on any atom is -0.491 e. The van der Waals surface area contributed by atoms with Crippen molar-refractivity contribution in [1.82, 2.24) is 0 Å². The first-order valence-electron chi connectivity index (χ1n) is 14.3. The van der Waals surface area contributed by atoms with Gasteiger partial charge in [0.25, 0.3) is 0 Å². The summed E-state index contributed by atoms with van der Waals surface area (Å²) < 4.78 is 17.5. The SMILES string of the molecule is OC(CC(=Cc1ccc(OCc2ccccc2)cc1)c1ccccc1)c1ccc(OCCOCc2ccccc2)cc1. The number of aliphatic hydroxyl groups excluding tert-OH is 1. The molecule has 42 heavy (non-hydrogen) atoms. The van der Waals surface area contributed by atoms with E-state index in [1.54, 1.807) is 0 Å². The van der Waals surface area contributed by atoms with Gasteiger partial charge in [-0.05, 0) is 57.7 Å². The zero-order valence-electron chi connectivity index (χ0n) is 23.6. The minimum absolute atomic E-state index is 0.464. The molecule has 0 aromatic heterocycles. The molecule has 0 saturated carbocycles. The molecule has 5 aromatic carbocycles. The summed E-state index contributed by atoms with van der Waals surface area (Å²) in [4.78, 5) is 0. The first-order valence-corrected chi connectivity index (χ1v) is 14.3. The van der Waals surface area contributed by atoms with Crippen molar-refractivity contribution in [1.29, 1.82) is 0 Å². The Labute approximate surface area is 248 Å². The monoisotopic (exact) mass is 556 g/mol. The van der Waals surface area contributed by atoms with Gasteiger partial charge in [0, 0.05) is 6.42 Å². The third-order valence-corrected chi connectivity index (χ3v) is 6.90. The predicted octanol–water partition coefficient (Wildman–Crippen LogP) is 8.53. The highest BCUT2D eigenvalue weighted by Crippen LogP contribution is 2.30. The van der Waals surface area contributed by atoms with E-state index in [-0.39, 0.29) is 0 Å². The van der Waals surface area contributed by atoms with E-state index in [2.05, 4.69) is 30.3 Å². The van der Waals surface area contributed by atoms with Crippen LogP contribution in [0.3, 0.4) is 0 Å². The maximum Gasteiger partial charge on any atom is 0.119 e. The summed E-state index contributed by atoms with van der Waals surface area (Å²) in [7, 11) is 0. The molecule has 0 aliphatic rings. The summed E-state index contributed by atoms with van der Waals surface area (Å²) in [5.41, 5.74) is 6.30. The fourth-order valence-electron chi connectivity index (χ4n) is 4.61. The molecule has 0 saturated heterocycles. The summed E-state index contributed by atoms with van der Waals surface area (Å²) in [5.74, 6) is 1.57. The van der Waals surface area contributed by atoms with Gasteiger partial charge < -0.3 is 19.3 Å². The third-order valence-electron chi connectivity index (χ3n) is 6.90. The van der Waals surface area contributed by atoms with Gasteiger partial charge in [-0.15, -0.1) is 0 Å². The topological polar surface area (TPSA) is 47.9 Å². The van der Waals surface area contributed by atoms with E-state index in [1.807, 2.05) is 115 Å². The van der Waals surface area contributed by atoms with Crippen molar-refractivity contribution in [2.24, 2.45) is 0 Å². The molecule has 1 N–H and O–H groups in total. The molecular weight excluding hydrogens is 520 g/mol. The van der Waals surface area contributed by atoms with Gasteiger partial charge in [0.1, 0.15) is 24.7 Å². The van der Waals surface area contributed by atoms with Crippen molar-refractivity contribution in [3.8, 4) is 11.5 Å². The maximum absolute atomic E-state index is 11.2. The van der Waals surface area contributed by atoms with E-state index in [0.29, 0.717) is 32.8 Å². The Bertz CT molecular complexity index is 1500. The molecule has 1 unspecified atom stereocenters. The summed E-state index contributed by atoms with van der Waals surface area (Å²) in [6, 6.07) is 46.1. The molecule has 0 fully saturated rings. The van der Waals surface area contributed by atoms with Crippen LogP contribution < -0.4 is 9.47 Å². The lowest BCUT2D eigenvalue weighted by Crippen LogP contribution is -2.07. The molecule has 5 aromatic rings. The van der Waals surface area contributed by atoms with Gasteiger partial charge in [0.2, 0.25) is 0 Å². The van der Waals surface area contributed by atoms with E-state index in [9.17, 15) is 5.11 Å². The predicted molar refractivity (Wildman–Crippen MR) is 169 cm³/mol. The Morgan fingerprint density at radius 2 is 1.12 bits per heavy atom. The van der Waals surface area contributed by atoms with Crippen molar-refractivity contribution in [3.05, 3.63) is 167 Å². The molecule has 1 atom stereocenters. The Morgan fingerprint density at radius 1 is 0.571 bits per heavy atom. The Morgan fingerprint density at radius 3 is 1.76 bits per heavy atom.